The molecule has 5 aromatic carbocycles. The third-order valence-electron chi connectivity index (χ3n) is 8.53. The zero-order valence-electron chi connectivity index (χ0n) is 21.9. The van der Waals surface area contributed by atoms with Crippen LogP contribution in [0.25, 0.3) is 16.3 Å². The molecule has 0 heteroatoms. The lowest BCUT2D eigenvalue weighted by Crippen LogP contribution is -2.22. The summed E-state index contributed by atoms with van der Waals surface area (Å²) in [6.45, 7) is 7.25. The fourth-order valence-corrected chi connectivity index (χ4v) is 6.65. The van der Waals surface area contributed by atoms with Gasteiger partial charge in [0, 0.05) is 17.8 Å². The molecule has 37 heavy (non-hydrogen) atoms. The van der Waals surface area contributed by atoms with Gasteiger partial charge in [-0.1, -0.05) is 154 Å². The summed E-state index contributed by atoms with van der Waals surface area (Å²) in [6, 6.07) is 47.0. The van der Waals surface area contributed by atoms with E-state index in [1.807, 2.05) is 0 Å². The molecular formula is C37H34. The molecule has 0 saturated heterocycles. The van der Waals surface area contributed by atoms with Gasteiger partial charge in [-0.05, 0) is 50.1 Å². The average molecular weight is 479 g/mol. The van der Waals surface area contributed by atoms with Crippen molar-refractivity contribution in [1.29, 1.82) is 0 Å². The molecule has 4 atom stereocenters. The minimum Gasteiger partial charge on any atom is -0.0622 e. The van der Waals surface area contributed by atoms with Crippen LogP contribution in [0.15, 0.2) is 133 Å². The van der Waals surface area contributed by atoms with E-state index >= 15 is 0 Å². The molecule has 0 fully saturated rings. The summed E-state index contributed by atoms with van der Waals surface area (Å²) in [7, 11) is 0. The lowest BCUT2D eigenvalue weighted by Gasteiger charge is -2.40. The Morgan fingerprint density at radius 1 is 0.486 bits per heavy atom. The summed E-state index contributed by atoms with van der Waals surface area (Å²) in [5, 5.41) is 2.77. The smallest absolute Gasteiger partial charge is 0.0133 e. The first-order chi connectivity index (χ1) is 18.1. The Morgan fingerprint density at radius 3 is 1.59 bits per heavy atom. The van der Waals surface area contributed by atoms with E-state index in [4.69, 9.17) is 0 Å². The van der Waals surface area contributed by atoms with E-state index in [0.29, 0.717) is 11.8 Å². The molecule has 1 aliphatic carbocycles. The molecule has 0 heterocycles. The number of rotatable bonds is 6. The number of allylic oxidation sites excluding steroid dienone is 2. The van der Waals surface area contributed by atoms with Crippen LogP contribution in [0.5, 0.6) is 0 Å². The largest absolute Gasteiger partial charge is 0.0622 e. The second kappa shape index (κ2) is 9.87. The van der Waals surface area contributed by atoms with Gasteiger partial charge in [-0.3, -0.25) is 0 Å². The lowest BCUT2D eigenvalue weighted by molar-refractivity contribution is 0.605. The monoisotopic (exact) mass is 478 g/mol. The summed E-state index contributed by atoms with van der Waals surface area (Å²) in [5.74, 6) is 1.21. The van der Waals surface area contributed by atoms with Crippen LogP contribution in [0.4, 0.5) is 0 Å². The predicted octanol–water partition coefficient (Wildman–Crippen LogP) is 10.1. The van der Waals surface area contributed by atoms with Crippen LogP contribution in [-0.2, 0) is 0 Å². The molecule has 0 bridgehead atoms. The van der Waals surface area contributed by atoms with Crippen LogP contribution in [0, 0.1) is 0 Å². The van der Waals surface area contributed by atoms with Crippen LogP contribution in [0.2, 0.25) is 0 Å². The maximum absolute atomic E-state index is 2.43. The van der Waals surface area contributed by atoms with Gasteiger partial charge >= 0.3 is 0 Å². The predicted molar refractivity (Wildman–Crippen MR) is 158 cm³/mol. The van der Waals surface area contributed by atoms with Gasteiger partial charge in [0.2, 0.25) is 0 Å². The molecule has 0 radical (unpaired) electrons. The molecule has 182 valence electrons. The van der Waals surface area contributed by atoms with Crippen LogP contribution >= 0.6 is 0 Å². The van der Waals surface area contributed by atoms with E-state index in [1.165, 1.54) is 44.2 Å². The Labute approximate surface area is 221 Å². The van der Waals surface area contributed by atoms with Crippen molar-refractivity contribution >= 4 is 16.3 Å². The standard InChI is InChI=1S/C37H34/c1-25(28-15-7-4-8-16-28)34-32-23-13-21-31-22-14-24-33(37(31)32)35(26(2)29-17-9-5-10-18-29)36(34)27(3)30-19-11-6-12-20-30/h4-27,34H,1-3H3. The molecular weight excluding hydrogens is 444 g/mol. The summed E-state index contributed by atoms with van der Waals surface area (Å²) in [5.41, 5.74) is 10.1. The van der Waals surface area contributed by atoms with Crippen molar-refractivity contribution in [2.24, 2.45) is 0 Å². The van der Waals surface area contributed by atoms with Gasteiger partial charge in [0.25, 0.3) is 0 Å². The highest BCUT2D eigenvalue weighted by atomic mass is 14.4. The van der Waals surface area contributed by atoms with E-state index in [-0.39, 0.29) is 11.8 Å². The highest BCUT2D eigenvalue weighted by Crippen LogP contribution is 2.55. The van der Waals surface area contributed by atoms with Crippen molar-refractivity contribution in [3.8, 4) is 0 Å². The number of hydrogen-bond donors (Lipinski definition) is 0. The van der Waals surface area contributed by atoms with Crippen molar-refractivity contribution in [1.82, 2.24) is 0 Å². The first-order valence-electron chi connectivity index (χ1n) is 13.6. The molecule has 0 aliphatic heterocycles. The molecule has 6 rings (SSSR count). The SMILES string of the molecule is CC(C1=C(C(C)c2ccccc2)C(C(C)c2ccccc2)c2cccc3cccc1c23)c1ccccc1. The Morgan fingerprint density at radius 2 is 1.00 bits per heavy atom. The molecule has 0 saturated carbocycles. The summed E-state index contributed by atoms with van der Waals surface area (Å²) >= 11 is 0. The van der Waals surface area contributed by atoms with E-state index in [1.54, 1.807) is 5.57 Å². The summed E-state index contributed by atoms with van der Waals surface area (Å²) in [4.78, 5) is 0. The van der Waals surface area contributed by atoms with E-state index in [0.717, 1.165) is 0 Å². The maximum atomic E-state index is 2.43. The van der Waals surface area contributed by atoms with Crippen LogP contribution in [0.3, 0.4) is 0 Å². The minimum atomic E-state index is 0.284. The van der Waals surface area contributed by atoms with Crippen LogP contribution < -0.4 is 0 Å². The minimum absolute atomic E-state index is 0.284. The maximum Gasteiger partial charge on any atom is 0.0133 e. The van der Waals surface area contributed by atoms with Crippen molar-refractivity contribution in [2.75, 3.05) is 0 Å². The van der Waals surface area contributed by atoms with Gasteiger partial charge in [-0.15, -0.1) is 0 Å². The normalized spacial score (nSPS) is 17.4. The molecule has 1 aliphatic rings. The Kier molecular flexibility index (Phi) is 6.26. The first-order valence-corrected chi connectivity index (χ1v) is 13.6. The molecule has 0 nitrogen and oxygen atoms in total. The molecule has 4 unspecified atom stereocenters. The fraction of sp³-hybridized carbons (Fsp3) is 0.189. The van der Waals surface area contributed by atoms with Gasteiger partial charge < -0.3 is 0 Å². The Hall–Kier alpha value is -3.90. The zero-order chi connectivity index (χ0) is 25.4. The quantitative estimate of drug-likeness (QED) is 0.228. The van der Waals surface area contributed by atoms with Crippen molar-refractivity contribution in [2.45, 2.75) is 44.4 Å². The molecule has 0 N–H and O–H groups in total. The van der Waals surface area contributed by atoms with Crippen LogP contribution in [0.1, 0.15) is 72.3 Å². The van der Waals surface area contributed by atoms with Crippen molar-refractivity contribution < 1.29 is 0 Å². The number of benzene rings is 5. The third-order valence-corrected chi connectivity index (χ3v) is 8.53. The zero-order valence-corrected chi connectivity index (χ0v) is 21.9. The number of hydrogen-bond acceptors (Lipinski definition) is 0. The van der Waals surface area contributed by atoms with Gasteiger partial charge in [-0.2, -0.15) is 0 Å². The van der Waals surface area contributed by atoms with E-state index < -0.39 is 0 Å². The van der Waals surface area contributed by atoms with E-state index in [9.17, 15) is 0 Å². The summed E-state index contributed by atoms with van der Waals surface area (Å²) in [6.07, 6.45) is 0. The summed E-state index contributed by atoms with van der Waals surface area (Å²) < 4.78 is 0. The lowest BCUT2D eigenvalue weighted by atomic mass is 9.64. The highest BCUT2D eigenvalue weighted by molar-refractivity contribution is 6.01. The fourth-order valence-electron chi connectivity index (χ4n) is 6.65. The van der Waals surface area contributed by atoms with Gasteiger partial charge in [0.1, 0.15) is 0 Å². The van der Waals surface area contributed by atoms with Gasteiger partial charge in [0.15, 0.2) is 0 Å². The molecule has 0 aromatic heterocycles. The van der Waals surface area contributed by atoms with Gasteiger partial charge in [0.05, 0.1) is 0 Å². The van der Waals surface area contributed by atoms with E-state index in [2.05, 4.69) is 148 Å². The van der Waals surface area contributed by atoms with Gasteiger partial charge in [-0.25, -0.2) is 0 Å². The molecule has 5 aromatic rings. The first kappa shape index (κ1) is 23.5. The van der Waals surface area contributed by atoms with Crippen molar-refractivity contribution in [3.05, 3.63) is 161 Å². The average Bonchev–Trinajstić information content (AvgIpc) is 2.97. The molecule has 0 spiro atoms. The second-order valence-corrected chi connectivity index (χ2v) is 10.6. The topological polar surface area (TPSA) is 0 Å². The van der Waals surface area contributed by atoms with Crippen LogP contribution in [-0.4, -0.2) is 0 Å². The Bertz CT molecular complexity index is 1540. The third kappa shape index (κ3) is 4.11. The Balaban J connectivity index is 1.69. The molecule has 0 amide bonds. The second-order valence-electron chi connectivity index (χ2n) is 10.6. The van der Waals surface area contributed by atoms with Crippen molar-refractivity contribution in [3.63, 3.8) is 0 Å². The highest BCUT2D eigenvalue weighted by Gasteiger charge is 2.37.